The zero-order chi connectivity index (χ0) is 14.5. The van der Waals surface area contributed by atoms with Crippen molar-refractivity contribution in [1.82, 2.24) is 0 Å². The molecule has 2 aromatic rings. The van der Waals surface area contributed by atoms with E-state index < -0.39 is 5.97 Å². The first-order valence-electron chi connectivity index (χ1n) is 5.81. The Morgan fingerprint density at radius 1 is 1.25 bits per heavy atom. The molecule has 0 bridgehead atoms. The molecule has 0 unspecified atom stereocenters. The predicted octanol–water partition coefficient (Wildman–Crippen LogP) is 3.15. The van der Waals surface area contributed by atoms with Crippen LogP contribution in [0.5, 0.6) is 0 Å². The number of nitriles is 1. The highest BCUT2D eigenvalue weighted by Gasteiger charge is 2.12. The molecule has 0 amide bonds. The predicted molar refractivity (Wildman–Crippen MR) is 76.1 cm³/mol. The molecule has 0 spiro atoms. The number of benzene rings is 2. The Morgan fingerprint density at radius 2 is 1.95 bits per heavy atom. The smallest absolute Gasteiger partial charge is 0.340 e. The summed E-state index contributed by atoms with van der Waals surface area (Å²) in [5, 5.41) is 8.99. The number of anilines is 1. The van der Waals surface area contributed by atoms with Crippen LogP contribution in [0.4, 0.5) is 5.69 Å². The second kappa shape index (κ2) is 6.09. The summed E-state index contributed by atoms with van der Waals surface area (Å²) in [6, 6.07) is 13.4. The number of rotatable bonds is 3. The average Bonchev–Trinajstić information content (AvgIpc) is 2.47. The average molecular weight is 287 g/mol. The first-order valence-corrected chi connectivity index (χ1v) is 6.19. The Bertz CT molecular complexity index is 675. The Balaban J connectivity index is 2.04. The van der Waals surface area contributed by atoms with Crippen molar-refractivity contribution in [2.24, 2.45) is 0 Å². The molecule has 0 atom stereocenters. The monoisotopic (exact) mass is 286 g/mol. The molecule has 20 heavy (non-hydrogen) atoms. The van der Waals surface area contributed by atoms with Crippen molar-refractivity contribution in [3.05, 3.63) is 64.2 Å². The Labute approximate surface area is 121 Å². The van der Waals surface area contributed by atoms with Crippen molar-refractivity contribution in [3.63, 3.8) is 0 Å². The number of hydrogen-bond donors (Lipinski definition) is 1. The summed E-state index contributed by atoms with van der Waals surface area (Å²) in [5.74, 6) is -0.536. The molecule has 2 aromatic carbocycles. The van der Waals surface area contributed by atoms with Crippen LogP contribution in [0.3, 0.4) is 0 Å². The summed E-state index contributed by atoms with van der Waals surface area (Å²) in [6.45, 7) is 0.107. The zero-order valence-electron chi connectivity index (χ0n) is 10.5. The maximum absolute atomic E-state index is 11.9. The van der Waals surface area contributed by atoms with Gasteiger partial charge in [0.15, 0.2) is 0 Å². The minimum Gasteiger partial charge on any atom is -0.457 e. The van der Waals surface area contributed by atoms with Crippen LogP contribution >= 0.6 is 11.6 Å². The number of halogens is 1. The van der Waals surface area contributed by atoms with Gasteiger partial charge in [-0.15, -0.1) is 0 Å². The van der Waals surface area contributed by atoms with E-state index in [0.717, 1.165) is 5.56 Å². The molecule has 0 radical (unpaired) electrons. The van der Waals surface area contributed by atoms with Gasteiger partial charge in [0.25, 0.3) is 0 Å². The molecule has 0 aromatic heterocycles. The molecule has 0 saturated heterocycles. The van der Waals surface area contributed by atoms with Crippen LogP contribution in [-0.4, -0.2) is 5.97 Å². The van der Waals surface area contributed by atoms with E-state index >= 15 is 0 Å². The number of nitrogens with two attached hydrogens (primary N) is 1. The van der Waals surface area contributed by atoms with Gasteiger partial charge in [-0.05, 0) is 35.9 Å². The third kappa shape index (κ3) is 3.28. The lowest BCUT2D eigenvalue weighted by Crippen LogP contribution is -2.06. The Kier molecular flexibility index (Phi) is 4.24. The van der Waals surface area contributed by atoms with Gasteiger partial charge in [0, 0.05) is 5.69 Å². The fourth-order valence-electron chi connectivity index (χ4n) is 1.60. The summed E-state index contributed by atoms with van der Waals surface area (Å²) < 4.78 is 5.16. The number of nitrogens with zero attached hydrogens (tertiary/aromatic N) is 1. The molecule has 0 heterocycles. The van der Waals surface area contributed by atoms with Gasteiger partial charge in [0.1, 0.15) is 6.61 Å². The van der Waals surface area contributed by atoms with Gasteiger partial charge in [-0.3, -0.25) is 0 Å². The van der Waals surface area contributed by atoms with Crippen molar-refractivity contribution in [1.29, 1.82) is 5.26 Å². The van der Waals surface area contributed by atoms with Gasteiger partial charge >= 0.3 is 5.97 Å². The third-order valence-corrected chi connectivity index (χ3v) is 2.99. The molecule has 2 N–H and O–H groups in total. The first kappa shape index (κ1) is 13.9. The number of esters is 1. The number of carbonyl (C=O) groups is 1. The topological polar surface area (TPSA) is 76.1 Å². The van der Waals surface area contributed by atoms with Crippen LogP contribution in [0.25, 0.3) is 0 Å². The molecular formula is C15H11ClN2O2. The van der Waals surface area contributed by atoms with Gasteiger partial charge in [-0.25, -0.2) is 4.79 Å². The molecule has 5 heteroatoms. The van der Waals surface area contributed by atoms with Crippen LogP contribution in [0.2, 0.25) is 5.02 Å². The van der Waals surface area contributed by atoms with Crippen molar-refractivity contribution in [2.45, 2.75) is 6.61 Å². The summed E-state index contributed by atoms with van der Waals surface area (Å²) in [6.07, 6.45) is 0. The molecule has 0 fully saturated rings. The van der Waals surface area contributed by atoms with Gasteiger partial charge in [0.05, 0.1) is 22.2 Å². The van der Waals surface area contributed by atoms with E-state index in [1.54, 1.807) is 36.4 Å². The first-order chi connectivity index (χ1) is 9.60. The highest BCUT2D eigenvalue weighted by atomic mass is 35.5. The van der Waals surface area contributed by atoms with Crippen molar-refractivity contribution in [3.8, 4) is 6.07 Å². The molecule has 0 aliphatic carbocycles. The molecule has 100 valence electrons. The molecule has 2 rings (SSSR count). The standard InChI is InChI=1S/C15H11ClN2O2/c16-14-6-5-12(18)7-13(14)15(19)20-9-11-3-1-10(8-17)2-4-11/h1-7H,9,18H2. The lowest BCUT2D eigenvalue weighted by Gasteiger charge is -2.07. The van der Waals surface area contributed by atoms with E-state index in [-0.39, 0.29) is 12.2 Å². The molecule has 0 saturated carbocycles. The van der Waals surface area contributed by atoms with Crippen molar-refractivity contribution >= 4 is 23.3 Å². The lowest BCUT2D eigenvalue weighted by molar-refractivity contribution is 0.0473. The van der Waals surface area contributed by atoms with E-state index in [2.05, 4.69) is 0 Å². The third-order valence-electron chi connectivity index (χ3n) is 2.66. The second-order valence-corrected chi connectivity index (χ2v) is 4.53. The van der Waals surface area contributed by atoms with Gasteiger partial charge in [-0.1, -0.05) is 23.7 Å². The molecule has 0 aliphatic rings. The summed E-state index contributed by atoms with van der Waals surface area (Å²) >= 11 is 5.92. The van der Waals surface area contributed by atoms with E-state index in [4.69, 9.17) is 27.3 Å². The summed E-state index contributed by atoms with van der Waals surface area (Å²) in [4.78, 5) is 11.9. The van der Waals surface area contributed by atoms with E-state index in [1.165, 1.54) is 6.07 Å². The zero-order valence-corrected chi connectivity index (χ0v) is 11.2. The Hall–Kier alpha value is -2.51. The maximum atomic E-state index is 11.9. The number of carbonyl (C=O) groups excluding carboxylic acids is 1. The van der Waals surface area contributed by atoms with Crippen LogP contribution in [0.15, 0.2) is 42.5 Å². The van der Waals surface area contributed by atoms with Crippen molar-refractivity contribution in [2.75, 3.05) is 5.73 Å². The summed E-state index contributed by atoms with van der Waals surface area (Å²) in [5.41, 5.74) is 7.63. The minimum atomic E-state index is -0.536. The number of hydrogen-bond acceptors (Lipinski definition) is 4. The van der Waals surface area contributed by atoms with Crippen LogP contribution in [-0.2, 0) is 11.3 Å². The van der Waals surface area contributed by atoms with E-state index in [0.29, 0.717) is 16.3 Å². The van der Waals surface area contributed by atoms with E-state index in [1.807, 2.05) is 6.07 Å². The number of nitrogen functional groups attached to an aromatic ring is 1. The quantitative estimate of drug-likeness (QED) is 0.694. The van der Waals surface area contributed by atoms with Gasteiger partial charge in [0.2, 0.25) is 0 Å². The SMILES string of the molecule is N#Cc1ccc(COC(=O)c2cc(N)ccc2Cl)cc1. The highest BCUT2D eigenvalue weighted by molar-refractivity contribution is 6.33. The molecular weight excluding hydrogens is 276 g/mol. The van der Waals surface area contributed by atoms with Gasteiger partial charge < -0.3 is 10.5 Å². The largest absolute Gasteiger partial charge is 0.457 e. The maximum Gasteiger partial charge on any atom is 0.340 e. The number of ether oxygens (including phenoxy) is 1. The van der Waals surface area contributed by atoms with Crippen LogP contribution in [0.1, 0.15) is 21.5 Å². The fraction of sp³-hybridized carbons (Fsp3) is 0.0667. The van der Waals surface area contributed by atoms with Gasteiger partial charge in [-0.2, -0.15) is 5.26 Å². The molecule has 0 aliphatic heterocycles. The van der Waals surface area contributed by atoms with Crippen LogP contribution < -0.4 is 5.73 Å². The Morgan fingerprint density at radius 3 is 2.60 bits per heavy atom. The van der Waals surface area contributed by atoms with E-state index in [9.17, 15) is 4.79 Å². The minimum absolute atomic E-state index is 0.107. The molecule has 4 nitrogen and oxygen atoms in total. The second-order valence-electron chi connectivity index (χ2n) is 4.12. The highest BCUT2D eigenvalue weighted by Crippen LogP contribution is 2.20. The summed E-state index contributed by atoms with van der Waals surface area (Å²) in [7, 11) is 0. The van der Waals surface area contributed by atoms with Crippen LogP contribution in [0, 0.1) is 11.3 Å². The normalized spacial score (nSPS) is 9.80. The van der Waals surface area contributed by atoms with Crippen molar-refractivity contribution < 1.29 is 9.53 Å². The fourth-order valence-corrected chi connectivity index (χ4v) is 1.80. The lowest BCUT2D eigenvalue weighted by atomic mass is 10.1.